The van der Waals surface area contributed by atoms with E-state index < -0.39 is 17.6 Å². The van der Waals surface area contributed by atoms with Crippen molar-refractivity contribution in [2.75, 3.05) is 0 Å². The molecule has 0 aliphatic rings. The number of esters is 1. The average Bonchev–Trinajstić information content (AvgIpc) is 2.60. The quantitative estimate of drug-likeness (QED) is 0.535. The first-order chi connectivity index (χ1) is 12.0. The van der Waals surface area contributed by atoms with Crippen molar-refractivity contribution in [1.29, 1.82) is 0 Å². The van der Waals surface area contributed by atoms with Crippen LogP contribution in [-0.4, -0.2) is 22.8 Å². The van der Waals surface area contributed by atoms with Crippen molar-refractivity contribution >= 4 is 38.6 Å². The standard InChI is InChI=1S/C19H14BrNO4/c1-11(18(23)12-6-8-13(20)9-7-12)25-19(24)15-10-17(22)21-16-5-3-2-4-14(15)16/h2-11H,1H3,(H,21,22)/t11-/m0/s1. The molecule has 0 amide bonds. The summed E-state index contributed by atoms with van der Waals surface area (Å²) in [4.78, 5) is 39.3. The average molecular weight is 400 g/mol. The van der Waals surface area contributed by atoms with E-state index in [1.807, 2.05) is 0 Å². The van der Waals surface area contributed by atoms with Crippen LogP contribution in [0.25, 0.3) is 10.9 Å². The molecule has 0 saturated heterocycles. The minimum absolute atomic E-state index is 0.134. The van der Waals surface area contributed by atoms with E-state index >= 15 is 0 Å². The van der Waals surface area contributed by atoms with Gasteiger partial charge in [-0.15, -0.1) is 0 Å². The Hall–Kier alpha value is -2.73. The van der Waals surface area contributed by atoms with Crippen LogP contribution in [0.5, 0.6) is 0 Å². The fourth-order valence-corrected chi connectivity index (χ4v) is 2.76. The molecule has 0 spiro atoms. The van der Waals surface area contributed by atoms with E-state index in [9.17, 15) is 14.4 Å². The first-order valence-corrected chi connectivity index (χ1v) is 8.38. The molecule has 2 aromatic carbocycles. The molecule has 0 aliphatic carbocycles. The third-order valence-electron chi connectivity index (χ3n) is 3.75. The molecule has 6 heteroatoms. The molecule has 0 aliphatic heterocycles. The molecule has 1 aromatic heterocycles. The summed E-state index contributed by atoms with van der Waals surface area (Å²) < 4.78 is 6.14. The maximum Gasteiger partial charge on any atom is 0.339 e. The summed E-state index contributed by atoms with van der Waals surface area (Å²) in [6, 6.07) is 14.9. The van der Waals surface area contributed by atoms with Crippen LogP contribution in [0.3, 0.4) is 0 Å². The minimum atomic E-state index is -0.966. The van der Waals surface area contributed by atoms with Crippen LogP contribution in [0.4, 0.5) is 0 Å². The molecule has 0 radical (unpaired) electrons. The Balaban J connectivity index is 1.86. The molecule has 1 heterocycles. The van der Waals surface area contributed by atoms with Crippen molar-refractivity contribution in [3.05, 3.63) is 80.6 Å². The molecular formula is C19H14BrNO4. The summed E-state index contributed by atoms with van der Waals surface area (Å²) in [5, 5.41) is 0.565. The summed E-state index contributed by atoms with van der Waals surface area (Å²) >= 11 is 3.30. The van der Waals surface area contributed by atoms with Crippen LogP contribution >= 0.6 is 15.9 Å². The van der Waals surface area contributed by atoms with Gasteiger partial charge in [0.05, 0.1) is 5.56 Å². The van der Waals surface area contributed by atoms with E-state index in [0.717, 1.165) is 4.47 Å². The smallest absolute Gasteiger partial charge is 0.339 e. The molecule has 0 saturated carbocycles. The first-order valence-electron chi connectivity index (χ1n) is 7.58. The number of fused-ring (bicyclic) bond motifs is 1. The number of aromatic amines is 1. The zero-order valence-electron chi connectivity index (χ0n) is 13.3. The second-order valence-electron chi connectivity index (χ2n) is 5.51. The maximum atomic E-state index is 12.5. The highest BCUT2D eigenvalue weighted by Crippen LogP contribution is 2.18. The number of pyridine rings is 1. The maximum absolute atomic E-state index is 12.5. The van der Waals surface area contributed by atoms with Gasteiger partial charge in [-0.05, 0) is 25.1 Å². The Morgan fingerprint density at radius 1 is 1.08 bits per heavy atom. The molecule has 0 fully saturated rings. The number of para-hydroxylation sites is 1. The molecule has 1 atom stereocenters. The van der Waals surface area contributed by atoms with Crippen LogP contribution in [0.15, 0.2) is 63.9 Å². The fraction of sp³-hybridized carbons (Fsp3) is 0.105. The van der Waals surface area contributed by atoms with Crippen molar-refractivity contribution in [2.24, 2.45) is 0 Å². The fourth-order valence-electron chi connectivity index (χ4n) is 2.50. The van der Waals surface area contributed by atoms with Crippen molar-refractivity contribution in [3.63, 3.8) is 0 Å². The molecule has 3 aromatic rings. The van der Waals surface area contributed by atoms with Gasteiger partial charge < -0.3 is 9.72 Å². The number of H-pyrrole nitrogens is 1. The van der Waals surface area contributed by atoms with Gasteiger partial charge in [-0.2, -0.15) is 0 Å². The number of carbonyl (C=O) groups excluding carboxylic acids is 2. The van der Waals surface area contributed by atoms with Gasteiger partial charge in [-0.3, -0.25) is 9.59 Å². The number of hydrogen-bond acceptors (Lipinski definition) is 4. The SMILES string of the molecule is C[C@H](OC(=O)c1cc(=O)[nH]c2ccccc12)C(=O)c1ccc(Br)cc1. The zero-order valence-corrected chi connectivity index (χ0v) is 14.9. The summed E-state index contributed by atoms with van der Waals surface area (Å²) in [6.45, 7) is 1.51. The van der Waals surface area contributed by atoms with Gasteiger partial charge >= 0.3 is 5.97 Å². The van der Waals surface area contributed by atoms with Gasteiger partial charge in [0.25, 0.3) is 0 Å². The highest BCUT2D eigenvalue weighted by Gasteiger charge is 2.22. The van der Waals surface area contributed by atoms with Crippen molar-refractivity contribution in [1.82, 2.24) is 4.98 Å². The van der Waals surface area contributed by atoms with Gasteiger partial charge in [0.15, 0.2) is 6.10 Å². The molecule has 5 nitrogen and oxygen atoms in total. The van der Waals surface area contributed by atoms with E-state index in [2.05, 4.69) is 20.9 Å². The minimum Gasteiger partial charge on any atom is -0.451 e. The van der Waals surface area contributed by atoms with Gasteiger partial charge in [0.1, 0.15) is 0 Å². The Labute approximate surface area is 151 Å². The predicted octanol–water partition coefficient (Wildman–Crippen LogP) is 3.72. The number of carbonyl (C=O) groups is 2. The first kappa shape index (κ1) is 17.1. The third kappa shape index (κ3) is 3.69. The van der Waals surface area contributed by atoms with E-state index in [1.165, 1.54) is 13.0 Å². The summed E-state index contributed by atoms with van der Waals surface area (Å²) in [7, 11) is 0. The molecule has 0 unspecified atom stereocenters. The lowest BCUT2D eigenvalue weighted by molar-refractivity contribution is 0.0320. The number of hydrogen-bond donors (Lipinski definition) is 1. The van der Waals surface area contributed by atoms with E-state index in [1.54, 1.807) is 48.5 Å². The number of nitrogens with one attached hydrogen (secondary N) is 1. The van der Waals surface area contributed by atoms with Gasteiger partial charge in [-0.25, -0.2) is 4.79 Å². The summed E-state index contributed by atoms with van der Waals surface area (Å²) in [5.74, 6) is -1.02. The summed E-state index contributed by atoms with van der Waals surface area (Å²) in [6.07, 6.45) is -0.966. The number of rotatable bonds is 4. The van der Waals surface area contributed by atoms with Crippen LogP contribution in [-0.2, 0) is 4.74 Å². The van der Waals surface area contributed by atoms with Crippen LogP contribution < -0.4 is 5.56 Å². The second kappa shape index (κ2) is 7.03. The van der Waals surface area contributed by atoms with Crippen molar-refractivity contribution in [3.8, 4) is 0 Å². The van der Waals surface area contributed by atoms with Crippen molar-refractivity contribution in [2.45, 2.75) is 13.0 Å². The highest BCUT2D eigenvalue weighted by molar-refractivity contribution is 9.10. The summed E-state index contributed by atoms with van der Waals surface area (Å²) in [5.41, 5.74) is 0.709. The zero-order chi connectivity index (χ0) is 18.0. The van der Waals surface area contributed by atoms with E-state index in [-0.39, 0.29) is 11.3 Å². The Morgan fingerprint density at radius 2 is 1.76 bits per heavy atom. The van der Waals surface area contributed by atoms with E-state index in [0.29, 0.717) is 16.5 Å². The number of aromatic nitrogens is 1. The largest absolute Gasteiger partial charge is 0.451 e. The Kier molecular flexibility index (Phi) is 4.81. The normalized spacial score (nSPS) is 11.9. The third-order valence-corrected chi connectivity index (χ3v) is 4.28. The number of ether oxygens (including phenoxy) is 1. The van der Waals surface area contributed by atoms with Crippen molar-refractivity contribution < 1.29 is 14.3 Å². The Morgan fingerprint density at radius 3 is 2.48 bits per heavy atom. The van der Waals surface area contributed by atoms with Crippen LogP contribution in [0, 0.1) is 0 Å². The molecule has 126 valence electrons. The molecular weight excluding hydrogens is 386 g/mol. The van der Waals surface area contributed by atoms with Gasteiger partial charge in [0, 0.05) is 27.0 Å². The number of Topliss-reactive ketones (excluding diaryl/α,β-unsaturated/α-hetero) is 1. The highest BCUT2D eigenvalue weighted by atomic mass is 79.9. The number of halogens is 1. The van der Waals surface area contributed by atoms with Crippen LogP contribution in [0.2, 0.25) is 0 Å². The van der Waals surface area contributed by atoms with Crippen LogP contribution in [0.1, 0.15) is 27.6 Å². The lowest BCUT2D eigenvalue weighted by Crippen LogP contribution is -2.25. The molecule has 1 N–H and O–H groups in total. The topological polar surface area (TPSA) is 76.2 Å². The number of benzene rings is 2. The monoisotopic (exact) mass is 399 g/mol. The predicted molar refractivity (Wildman–Crippen MR) is 97.9 cm³/mol. The van der Waals surface area contributed by atoms with E-state index in [4.69, 9.17) is 4.74 Å². The lowest BCUT2D eigenvalue weighted by atomic mass is 10.1. The Bertz CT molecular complexity index is 1010. The molecule has 25 heavy (non-hydrogen) atoms. The second-order valence-corrected chi connectivity index (χ2v) is 6.43. The van der Waals surface area contributed by atoms with Gasteiger partial charge in [-0.1, -0.05) is 46.3 Å². The lowest BCUT2D eigenvalue weighted by Gasteiger charge is -2.13. The van der Waals surface area contributed by atoms with Gasteiger partial charge in [0.2, 0.25) is 11.3 Å². The molecule has 3 rings (SSSR count). The number of ketones is 1. The molecule has 0 bridgehead atoms.